The third kappa shape index (κ3) is 3.12. The van der Waals surface area contributed by atoms with E-state index in [4.69, 9.17) is 0 Å². The van der Waals surface area contributed by atoms with Gasteiger partial charge in [0.05, 0.1) is 17.4 Å². The molecule has 180 valence electrons. The standard InChI is InChI=1S/C23H22F3N9/c1-13-10-27-21(29-17-5-8-28-33(17)3)30-18(13)15-9-16-19-31-32-20(22(6-4-7-22)23(24,25)26)35(19)14(2)11-34(16)12-15/h5,8-12H,4,6-7H2,1-3H3,(H,27,29,30). The van der Waals surface area contributed by atoms with E-state index >= 15 is 0 Å². The molecule has 5 aromatic rings. The number of hydrogen-bond acceptors (Lipinski definition) is 6. The molecule has 1 N–H and O–H groups in total. The van der Waals surface area contributed by atoms with Crippen LogP contribution in [0, 0.1) is 13.8 Å². The first-order valence-electron chi connectivity index (χ1n) is 11.2. The molecule has 0 radical (unpaired) electrons. The van der Waals surface area contributed by atoms with E-state index in [-0.39, 0.29) is 18.7 Å². The van der Waals surface area contributed by atoms with Crippen LogP contribution in [0.15, 0.2) is 36.9 Å². The Kier molecular flexibility index (Phi) is 4.48. The lowest BCUT2D eigenvalue weighted by atomic mass is 9.67. The van der Waals surface area contributed by atoms with Crippen molar-refractivity contribution in [2.75, 3.05) is 5.32 Å². The molecule has 35 heavy (non-hydrogen) atoms. The Hall–Kier alpha value is -3.96. The van der Waals surface area contributed by atoms with Gasteiger partial charge in [-0.25, -0.2) is 9.97 Å². The van der Waals surface area contributed by atoms with Gasteiger partial charge in [0.1, 0.15) is 11.2 Å². The predicted octanol–water partition coefficient (Wildman–Crippen LogP) is 4.52. The van der Waals surface area contributed by atoms with E-state index in [9.17, 15) is 13.2 Å². The highest BCUT2D eigenvalue weighted by Gasteiger charge is 2.62. The molecule has 0 spiro atoms. The fourth-order valence-corrected chi connectivity index (χ4v) is 4.82. The van der Waals surface area contributed by atoms with Crippen LogP contribution in [0.4, 0.5) is 24.9 Å². The summed E-state index contributed by atoms with van der Waals surface area (Å²) in [5.74, 6) is 1.12. The zero-order chi connectivity index (χ0) is 24.5. The van der Waals surface area contributed by atoms with Gasteiger partial charge in [0.15, 0.2) is 11.5 Å². The van der Waals surface area contributed by atoms with Crippen molar-refractivity contribution in [3.05, 3.63) is 54.0 Å². The average molecular weight is 481 g/mol. The highest BCUT2D eigenvalue weighted by atomic mass is 19.4. The quantitative estimate of drug-likeness (QED) is 0.406. The van der Waals surface area contributed by atoms with Crippen molar-refractivity contribution >= 4 is 22.9 Å². The molecule has 1 saturated carbocycles. The van der Waals surface area contributed by atoms with E-state index in [0.717, 1.165) is 16.9 Å². The molecule has 6 rings (SSSR count). The number of alkyl halides is 3. The lowest BCUT2D eigenvalue weighted by Gasteiger charge is -2.41. The average Bonchev–Trinajstić information content (AvgIpc) is 3.47. The maximum absolute atomic E-state index is 14.0. The van der Waals surface area contributed by atoms with Crippen molar-refractivity contribution in [1.82, 2.24) is 38.7 Å². The lowest BCUT2D eigenvalue weighted by Crippen LogP contribution is -2.49. The Bertz CT molecular complexity index is 1590. The number of aryl methyl sites for hydroxylation is 3. The fraction of sp³-hybridized carbons (Fsp3) is 0.348. The van der Waals surface area contributed by atoms with E-state index in [1.807, 2.05) is 36.7 Å². The van der Waals surface area contributed by atoms with Crippen molar-refractivity contribution in [2.45, 2.75) is 44.7 Å². The third-order valence-electron chi connectivity index (χ3n) is 6.90. The molecule has 12 heteroatoms. The second kappa shape index (κ2) is 7.27. The van der Waals surface area contributed by atoms with Crippen LogP contribution >= 0.6 is 0 Å². The van der Waals surface area contributed by atoms with Gasteiger partial charge in [-0.2, -0.15) is 18.3 Å². The first-order valence-corrected chi connectivity index (χ1v) is 11.2. The van der Waals surface area contributed by atoms with Gasteiger partial charge >= 0.3 is 6.18 Å². The number of halogens is 3. The predicted molar refractivity (Wildman–Crippen MR) is 123 cm³/mol. The van der Waals surface area contributed by atoms with Crippen LogP contribution < -0.4 is 5.32 Å². The highest BCUT2D eigenvalue weighted by molar-refractivity contribution is 5.80. The van der Waals surface area contributed by atoms with Gasteiger partial charge < -0.3 is 9.72 Å². The number of hydrogen-bond donors (Lipinski definition) is 1. The summed E-state index contributed by atoms with van der Waals surface area (Å²) in [7, 11) is 1.81. The lowest BCUT2D eigenvalue weighted by molar-refractivity contribution is -0.215. The monoisotopic (exact) mass is 481 g/mol. The van der Waals surface area contributed by atoms with Gasteiger partial charge in [-0.1, -0.05) is 6.42 Å². The van der Waals surface area contributed by atoms with Crippen LogP contribution in [0.3, 0.4) is 0 Å². The largest absolute Gasteiger partial charge is 0.401 e. The van der Waals surface area contributed by atoms with Crippen molar-refractivity contribution < 1.29 is 13.2 Å². The van der Waals surface area contributed by atoms with E-state index < -0.39 is 11.6 Å². The Morgan fingerprint density at radius 2 is 1.91 bits per heavy atom. The molecule has 0 atom stereocenters. The molecule has 5 heterocycles. The topological polar surface area (TPSA) is 90.2 Å². The van der Waals surface area contributed by atoms with Crippen LogP contribution in [-0.4, -0.2) is 44.9 Å². The van der Waals surface area contributed by atoms with Crippen molar-refractivity contribution in [3.63, 3.8) is 0 Å². The summed E-state index contributed by atoms with van der Waals surface area (Å²) in [6.07, 6.45) is 3.29. The minimum Gasteiger partial charge on any atom is -0.318 e. The number of aromatic nitrogens is 8. The molecule has 0 amide bonds. The van der Waals surface area contributed by atoms with Gasteiger partial charge in [-0.15, -0.1) is 10.2 Å². The van der Waals surface area contributed by atoms with Crippen molar-refractivity contribution in [1.29, 1.82) is 0 Å². The zero-order valence-corrected chi connectivity index (χ0v) is 19.3. The van der Waals surface area contributed by atoms with E-state index in [2.05, 4.69) is 30.6 Å². The first-order chi connectivity index (χ1) is 16.7. The second-order valence-corrected chi connectivity index (χ2v) is 9.10. The SMILES string of the molecule is Cc1cnc(Nc2ccnn2C)nc1-c1cc2c3nnc(C4(C(F)(F)F)CCC4)n3c(C)cn2c1. The van der Waals surface area contributed by atoms with E-state index in [1.165, 1.54) is 0 Å². The maximum Gasteiger partial charge on any atom is 0.401 e. The fourth-order valence-electron chi connectivity index (χ4n) is 4.82. The Labute approximate surface area is 197 Å². The van der Waals surface area contributed by atoms with Gasteiger partial charge in [-0.05, 0) is 38.3 Å². The molecule has 0 unspecified atom stereocenters. The van der Waals surface area contributed by atoms with Gasteiger partial charge in [-0.3, -0.25) is 9.08 Å². The highest BCUT2D eigenvalue weighted by Crippen LogP contribution is 2.54. The molecule has 1 aliphatic rings. The third-order valence-corrected chi connectivity index (χ3v) is 6.90. The summed E-state index contributed by atoms with van der Waals surface area (Å²) >= 11 is 0. The molecular weight excluding hydrogens is 459 g/mol. The maximum atomic E-state index is 14.0. The minimum atomic E-state index is -4.38. The zero-order valence-electron chi connectivity index (χ0n) is 19.3. The minimum absolute atomic E-state index is 0.0285. The Morgan fingerprint density at radius 3 is 2.57 bits per heavy atom. The first kappa shape index (κ1) is 21.6. The molecule has 0 bridgehead atoms. The Balaban J connectivity index is 1.47. The number of fused-ring (bicyclic) bond motifs is 3. The van der Waals surface area contributed by atoms with Crippen LogP contribution in [0.1, 0.15) is 36.3 Å². The van der Waals surface area contributed by atoms with Crippen LogP contribution in [0.2, 0.25) is 0 Å². The number of nitrogens with zero attached hydrogens (tertiary/aromatic N) is 8. The molecule has 0 saturated heterocycles. The normalized spacial score (nSPS) is 15.6. The van der Waals surface area contributed by atoms with Gasteiger partial charge in [0.2, 0.25) is 5.95 Å². The van der Waals surface area contributed by atoms with Crippen LogP contribution in [0.25, 0.3) is 22.4 Å². The number of nitrogens with one attached hydrogen (secondary N) is 1. The number of anilines is 2. The van der Waals surface area contributed by atoms with E-state index in [1.54, 1.807) is 34.6 Å². The molecule has 9 nitrogen and oxygen atoms in total. The molecule has 0 aliphatic heterocycles. The van der Waals surface area contributed by atoms with Gasteiger partial charge in [0.25, 0.3) is 0 Å². The second-order valence-electron chi connectivity index (χ2n) is 9.10. The van der Waals surface area contributed by atoms with Crippen molar-refractivity contribution in [3.8, 4) is 11.3 Å². The summed E-state index contributed by atoms with van der Waals surface area (Å²) in [5.41, 5.74) is 2.08. The summed E-state index contributed by atoms with van der Waals surface area (Å²) in [4.78, 5) is 9.05. The van der Waals surface area contributed by atoms with Crippen molar-refractivity contribution in [2.24, 2.45) is 7.05 Å². The van der Waals surface area contributed by atoms with Crippen LogP contribution in [0.5, 0.6) is 0 Å². The van der Waals surface area contributed by atoms with Gasteiger partial charge in [0, 0.05) is 43.0 Å². The molecule has 0 aromatic carbocycles. The Morgan fingerprint density at radius 1 is 1.11 bits per heavy atom. The van der Waals surface area contributed by atoms with E-state index in [0.29, 0.717) is 34.9 Å². The summed E-state index contributed by atoms with van der Waals surface area (Å²) in [6.45, 7) is 3.68. The smallest absolute Gasteiger partial charge is 0.318 e. The summed E-state index contributed by atoms with van der Waals surface area (Å²) in [6, 6.07) is 3.69. The molecule has 5 aromatic heterocycles. The summed E-state index contributed by atoms with van der Waals surface area (Å²) in [5, 5.41) is 15.6. The molecule has 1 fully saturated rings. The number of rotatable bonds is 4. The molecular formula is C23H22F3N9. The van der Waals surface area contributed by atoms with Crippen LogP contribution in [-0.2, 0) is 12.5 Å². The summed E-state index contributed by atoms with van der Waals surface area (Å²) < 4.78 is 47.2. The molecule has 1 aliphatic carbocycles.